The predicted molar refractivity (Wildman–Crippen MR) is 56.5 cm³/mol. The zero-order valence-corrected chi connectivity index (χ0v) is 8.07. The van der Waals surface area contributed by atoms with Gasteiger partial charge in [0.25, 0.3) is 0 Å². The summed E-state index contributed by atoms with van der Waals surface area (Å²) in [6, 6.07) is 9.22. The number of carbonyl (C=O) groups is 1. The SMILES string of the molecule is [CH2]CNC(=O)C(N)Cc1ccccc1. The van der Waals surface area contributed by atoms with Crippen molar-refractivity contribution >= 4 is 5.91 Å². The summed E-state index contributed by atoms with van der Waals surface area (Å²) in [6.07, 6.45) is 0.562. The minimum absolute atomic E-state index is 0.149. The predicted octanol–water partition coefficient (Wildman–Crippen LogP) is 0.507. The number of nitrogens with one attached hydrogen (secondary N) is 1. The van der Waals surface area contributed by atoms with Gasteiger partial charge < -0.3 is 11.1 Å². The highest BCUT2D eigenvalue weighted by molar-refractivity contribution is 5.81. The quantitative estimate of drug-likeness (QED) is 0.728. The summed E-state index contributed by atoms with van der Waals surface area (Å²) in [6.45, 7) is 3.90. The largest absolute Gasteiger partial charge is 0.355 e. The van der Waals surface area contributed by atoms with Crippen molar-refractivity contribution in [3.05, 3.63) is 42.8 Å². The third-order valence-electron chi connectivity index (χ3n) is 1.93. The smallest absolute Gasteiger partial charge is 0.237 e. The van der Waals surface area contributed by atoms with Crippen LogP contribution in [0.15, 0.2) is 30.3 Å². The van der Waals surface area contributed by atoms with E-state index in [-0.39, 0.29) is 5.91 Å². The molecule has 1 rings (SSSR count). The van der Waals surface area contributed by atoms with E-state index in [0.717, 1.165) is 5.56 Å². The molecule has 3 heteroatoms. The van der Waals surface area contributed by atoms with E-state index in [0.29, 0.717) is 13.0 Å². The topological polar surface area (TPSA) is 55.1 Å². The fraction of sp³-hybridized carbons (Fsp3) is 0.273. The summed E-state index contributed by atoms with van der Waals surface area (Å²) in [5, 5.41) is 2.59. The summed E-state index contributed by atoms with van der Waals surface area (Å²) in [7, 11) is 0. The summed E-state index contributed by atoms with van der Waals surface area (Å²) in [5.41, 5.74) is 6.76. The number of rotatable bonds is 4. The molecule has 1 aromatic rings. The molecule has 0 saturated carbocycles. The average molecular weight is 191 g/mol. The van der Waals surface area contributed by atoms with Crippen molar-refractivity contribution in [2.45, 2.75) is 12.5 Å². The standard InChI is InChI=1S/C11H15N2O/c1-2-13-11(14)10(12)8-9-6-4-3-5-7-9/h3-7,10H,1-2,8,12H2,(H,13,14). The van der Waals surface area contributed by atoms with Crippen molar-refractivity contribution in [2.24, 2.45) is 5.73 Å². The molecule has 0 aliphatic heterocycles. The molecule has 0 spiro atoms. The number of amides is 1. The summed E-state index contributed by atoms with van der Waals surface area (Å²) in [5.74, 6) is -0.149. The van der Waals surface area contributed by atoms with Crippen molar-refractivity contribution in [1.29, 1.82) is 0 Å². The summed E-state index contributed by atoms with van der Waals surface area (Å²) < 4.78 is 0. The van der Waals surface area contributed by atoms with Crippen molar-refractivity contribution in [2.75, 3.05) is 6.54 Å². The third-order valence-corrected chi connectivity index (χ3v) is 1.93. The second kappa shape index (κ2) is 5.40. The molecule has 1 radical (unpaired) electrons. The highest BCUT2D eigenvalue weighted by Gasteiger charge is 2.12. The number of benzene rings is 1. The molecule has 75 valence electrons. The van der Waals surface area contributed by atoms with Crippen LogP contribution in [-0.2, 0) is 11.2 Å². The lowest BCUT2D eigenvalue weighted by atomic mass is 10.1. The van der Waals surface area contributed by atoms with Gasteiger partial charge in [-0.2, -0.15) is 0 Å². The highest BCUT2D eigenvalue weighted by atomic mass is 16.2. The molecule has 14 heavy (non-hydrogen) atoms. The van der Waals surface area contributed by atoms with E-state index < -0.39 is 6.04 Å². The molecule has 1 aromatic carbocycles. The van der Waals surface area contributed by atoms with E-state index in [2.05, 4.69) is 12.2 Å². The van der Waals surface area contributed by atoms with Gasteiger partial charge in [0.1, 0.15) is 0 Å². The first-order valence-electron chi connectivity index (χ1n) is 4.60. The fourth-order valence-electron chi connectivity index (χ4n) is 1.22. The number of nitrogens with two attached hydrogens (primary N) is 1. The van der Waals surface area contributed by atoms with Gasteiger partial charge in [-0.3, -0.25) is 4.79 Å². The van der Waals surface area contributed by atoms with Crippen LogP contribution in [0, 0.1) is 6.92 Å². The Morgan fingerprint density at radius 1 is 1.43 bits per heavy atom. The maximum Gasteiger partial charge on any atom is 0.237 e. The Balaban J connectivity index is 2.49. The van der Waals surface area contributed by atoms with Gasteiger partial charge in [-0.15, -0.1) is 0 Å². The van der Waals surface area contributed by atoms with Crippen LogP contribution in [0.25, 0.3) is 0 Å². The summed E-state index contributed by atoms with van der Waals surface area (Å²) >= 11 is 0. The van der Waals surface area contributed by atoms with Crippen molar-refractivity contribution in [3.8, 4) is 0 Å². The minimum Gasteiger partial charge on any atom is -0.355 e. The van der Waals surface area contributed by atoms with Gasteiger partial charge in [-0.05, 0) is 18.9 Å². The van der Waals surface area contributed by atoms with Crippen LogP contribution in [0.5, 0.6) is 0 Å². The normalized spacial score (nSPS) is 12.1. The van der Waals surface area contributed by atoms with E-state index in [4.69, 9.17) is 5.73 Å². The Hall–Kier alpha value is -1.35. The zero-order valence-electron chi connectivity index (χ0n) is 8.07. The monoisotopic (exact) mass is 191 g/mol. The first-order chi connectivity index (χ1) is 6.74. The second-order valence-corrected chi connectivity index (χ2v) is 3.09. The van der Waals surface area contributed by atoms with Gasteiger partial charge in [0.15, 0.2) is 0 Å². The minimum atomic E-state index is -0.487. The Morgan fingerprint density at radius 3 is 2.64 bits per heavy atom. The Morgan fingerprint density at radius 2 is 2.07 bits per heavy atom. The Labute approximate surface area is 84.3 Å². The van der Waals surface area contributed by atoms with Crippen LogP contribution in [-0.4, -0.2) is 18.5 Å². The van der Waals surface area contributed by atoms with Gasteiger partial charge in [0, 0.05) is 6.54 Å². The zero-order chi connectivity index (χ0) is 10.4. The van der Waals surface area contributed by atoms with Crippen molar-refractivity contribution in [3.63, 3.8) is 0 Å². The molecule has 0 aliphatic rings. The molecule has 0 fully saturated rings. The Bertz CT molecular complexity index is 285. The van der Waals surface area contributed by atoms with E-state index >= 15 is 0 Å². The van der Waals surface area contributed by atoms with E-state index in [1.54, 1.807) is 0 Å². The molecular weight excluding hydrogens is 176 g/mol. The Kier molecular flexibility index (Phi) is 4.13. The molecule has 3 N–H and O–H groups in total. The van der Waals surface area contributed by atoms with Gasteiger partial charge in [-0.1, -0.05) is 30.3 Å². The number of hydrogen-bond acceptors (Lipinski definition) is 2. The average Bonchev–Trinajstić information content (AvgIpc) is 2.19. The maximum atomic E-state index is 11.3. The van der Waals surface area contributed by atoms with Crippen LogP contribution >= 0.6 is 0 Å². The first kappa shape index (κ1) is 10.7. The van der Waals surface area contributed by atoms with Gasteiger partial charge in [0.05, 0.1) is 6.04 Å². The maximum absolute atomic E-state index is 11.3. The number of carbonyl (C=O) groups excluding carboxylic acids is 1. The van der Waals surface area contributed by atoms with Crippen molar-refractivity contribution < 1.29 is 4.79 Å². The fourth-order valence-corrected chi connectivity index (χ4v) is 1.22. The second-order valence-electron chi connectivity index (χ2n) is 3.09. The molecule has 0 heterocycles. The lowest BCUT2D eigenvalue weighted by Crippen LogP contribution is -2.41. The van der Waals surface area contributed by atoms with Crippen LogP contribution in [0.3, 0.4) is 0 Å². The molecule has 1 amide bonds. The van der Waals surface area contributed by atoms with Gasteiger partial charge in [0.2, 0.25) is 5.91 Å². The first-order valence-corrected chi connectivity index (χ1v) is 4.60. The third kappa shape index (κ3) is 3.18. The molecule has 3 nitrogen and oxygen atoms in total. The lowest BCUT2D eigenvalue weighted by Gasteiger charge is -2.10. The van der Waals surface area contributed by atoms with Crippen LogP contribution in [0.2, 0.25) is 0 Å². The molecule has 0 aromatic heterocycles. The van der Waals surface area contributed by atoms with E-state index in [9.17, 15) is 4.79 Å². The molecular formula is C11H15N2O. The summed E-state index contributed by atoms with van der Waals surface area (Å²) in [4.78, 5) is 11.3. The molecule has 0 aliphatic carbocycles. The van der Waals surface area contributed by atoms with Gasteiger partial charge >= 0.3 is 0 Å². The lowest BCUT2D eigenvalue weighted by molar-refractivity contribution is -0.122. The van der Waals surface area contributed by atoms with Crippen LogP contribution in [0.4, 0.5) is 0 Å². The molecule has 1 unspecified atom stereocenters. The van der Waals surface area contributed by atoms with E-state index in [1.807, 2.05) is 30.3 Å². The molecule has 0 bridgehead atoms. The van der Waals surface area contributed by atoms with Crippen LogP contribution < -0.4 is 11.1 Å². The highest BCUT2D eigenvalue weighted by Crippen LogP contribution is 2.01. The number of hydrogen-bond donors (Lipinski definition) is 2. The molecule has 0 saturated heterocycles. The van der Waals surface area contributed by atoms with E-state index in [1.165, 1.54) is 0 Å². The molecule has 1 atom stereocenters. The van der Waals surface area contributed by atoms with Gasteiger partial charge in [-0.25, -0.2) is 0 Å². The van der Waals surface area contributed by atoms with Crippen LogP contribution in [0.1, 0.15) is 5.56 Å². The van der Waals surface area contributed by atoms with Crippen molar-refractivity contribution in [1.82, 2.24) is 5.32 Å².